The fourth-order valence-electron chi connectivity index (χ4n) is 2.87. The summed E-state index contributed by atoms with van der Waals surface area (Å²) < 4.78 is 0. The van der Waals surface area contributed by atoms with Crippen molar-refractivity contribution in [1.82, 2.24) is 15.1 Å². The predicted octanol–water partition coefficient (Wildman–Crippen LogP) is 1.67. The van der Waals surface area contributed by atoms with E-state index in [9.17, 15) is 0 Å². The minimum Gasteiger partial charge on any atom is -0.352 e. The smallest absolute Gasteiger partial charge is 0.194 e. The molecule has 2 aliphatic rings. The predicted molar refractivity (Wildman–Crippen MR) is 82.7 cm³/mol. The molecule has 0 radical (unpaired) electrons. The van der Waals surface area contributed by atoms with Crippen molar-refractivity contribution in [3.8, 4) is 0 Å². The van der Waals surface area contributed by atoms with Gasteiger partial charge in [-0.3, -0.25) is 9.89 Å². The van der Waals surface area contributed by atoms with E-state index in [2.05, 4.69) is 51.4 Å². The van der Waals surface area contributed by atoms with Gasteiger partial charge < -0.3 is 10.2 Å². The monoisotopic (exact) mass is 272 g/mol. The highest BCUT2D eigenvalue weighted by Crippen LogP contribution is 2.13. The van der Waals surface area contributed by atoms with Gasteiger partial charge in [-0.1, -0.05) is 24.3 Å². The molecule has 1 saturated heterocycles. The molecule has 1 N–H and O–H groups in total. The maximum atomic E-state index is 4.44. The maximum absolute atomic E-state index is 4.44. The average molecular weight is 272 g/mol. The molecule has 4 heteroatoms. The summed E-state index contributed by atoms with van der Waals surface area (Å²) in [5.74, 6) is 1.02. The van der Waals surface area contributed by atoms with Crippen LogP contribution in [-0.4, -0.2) is 49.0 Å². The molecule has 1 aromatic rings. The summed E-state index contributed by atoms with van der Waals surface area (Å²) in [5.41, 5.74) is 2.74. The second-order valence-electron chi connectivity index (χ2n) is 5.78. The van der Waals surface area contributed by atoms with Crippen LogP contribution in [-0.2, 0) is 13.1 Å². The lowest BCUT2D eigenvalue weighted by atomic mass is 10.1. The lowest BCUT2D eigenvalue weighted by Crippen LogP contribution is -2.35. The first-order valence-electron chi connectivity index (χ1n) is 7.61. The Morgan fingerprint density at radius 3 is 2.40 bits per heavy atom. The van der Waals surface area contributed by atoms with E-state index in [1.807, 2.05) is 0 Å². The van der Waals surface area contributed by atoms with Gasteiger partial charge in [0.25, 0.3) is 0 Å². The molecule has 108 valence electrons. The molecule has 1 fully saturated rings. The fraction of sp³-hybridized carbons (Fsp3) is 0.562. The van der Waals surface area contributed by atoms with E-state index in [-0.39, 0.29) is 0 Å². The van der Waals surface area contributed by atoms with E-state index in [0.29, 0.717) is 0 Å². The molecule has 2 aliphatic heterocycles. The maximum Gasteiger partial charge on any atom is 0.194 e. The van der Waals surface area contributed by atoms with Crippen molar-refractivity contribution < 1.29 is 0 Å². The molecule has 0 aliphatic carbocycles. The van der Waals surface area contributed by atoms with Crippen molar-refractivity contribution in [2.24, 2.45) is 4.99 Å². The van der Waals surface area contributed by atoms with Crippen LogP contribution in [0.3, 0.4) is 0 Å². The van der Waals surface area contributed by atoms with Gasteiger partial charge in [0.05, 0.1) is 6.54 Å². The Morgan fingerprint density at radius 2 is 1.75 bits per heavy atom. The molecule has 0 atom stereocenters. The fourth-order valence-corrected chi connectivity index (χ4v) is 2.87. The zero-order chi connectivity index (χ0) is 13.8. The van der Waals surface area contributed by atoms with Gasteiger partial charge in [-0.25, -0.2) is 0 Å². The third kappa shape index (κ3) is 3.31. The summed E-state index contributed by atoms with van der Waals surface area (Å²) in [4.78, 5) is 9.15. The molecule has 3 rings (SSSR count). The Labute approximate surface area is 121 Å². The van der Waals surface area contributed by atoms with Gasteiger partial charge >= 0.3 is 0 Å². The number of benzene rings is 1. The highest BCUT2D eigenvalue weighted by atomic mass is 15.3. The van der Waals surface area contributed by atoms with E-state index in [1.54, 1.807) is 0 Å². The van der Waals surface area contributed by atoms with Crippen LogP contribution >= 0.6 is 0 Å². The molecule has 0 saturated carbocycles. The quantitative estimate of drug-likeness (QED) is 0.904. The third-order valence-electron chi connectivity index (χ3n) is 4.14. The normalized spacial score (nSPS) is 19.4. The second-order valence-corrected chi connectivity index (χ2v) is 5.78. The topological polar surface area (TPSA) is 30.9 Å². The standard InChI is InChI=1S/C16H24N4/c1-19-11-8-17-16(19)18-12-14-4-6-15(7-5-14)13-20-9-2-3-10-20/h4-7H,2-3,8-13H2,1H3,(H,17,18). The molecule has 0 unspecified atom stereocenters. The Kier molecular flexibility index (Phi) is 4.21. The lowest BCUT2D eigenvalue weighted by molar-refractivity contribution is 0.331. The minimum absolute atomic E-state index is 0.854. The first-order chi connectivity index (χ1) is 9.81. The zero-order valence-electron chi connectivity index (χ0n) is 12.3. The molecular formula is C16H24N4. The lowest BCUT2D eigenvalue weighted by Gasteiger charge is -2.16. The van der Waals surface area contributed by atoms with Crippen molar-refractivity contribution in [3.05, 3.63) is 35.4 Å². The van der Waals surface area contributed by atoms with Crippen LogP contribution in [0.2, 0.25) is 0 Å². The van der Waals surface area contributed by atoms with E-state index in [0.717, 1.165) is 32.1 Å². The minimum atomic E-state index is 0.854. The van der Waals surface area contributed by atoms with Crippen LogP contribution in [0.5, 0.6) is 0 Å². The second kappa shape index (κ2) is 6.27. The molecular weight excluding hydrogens is 248 g/mol. The number of aliphatic imine (C=N–C) groups is 1. The van der Waals surface area contributed by atoms with E-state index in [1.165, 1.54) is 37.1 Å². The van der Waals surface area contributed by atoms with Crippen molar-refractivity contribution >= 4 is 5.96 Å². The van der Waals surface area contributed by atoms with E-state index in [4.69, 9.17) is 0 Å². The third-order valence-corrected chi connectivity index (χ3v) is 4.14. The van der Waals surface area contributed by atoms with E-state index < -0.39 is 0 Å². The number of guanidine groups is 1. The highest BCUT2D eigenvalue weighted by Gasteiger charge is 2.12. The van der Waals surface area contributed by atoms with Crippen molar-refractivity contribution in [2.45, 2.75) is 25.9 Å². The van der Waals surface area contributed by atoms with Gasteiger partial charge in [-0.2, -0.15) is 0 Å². The van der Waals surface area contributed by atoms with Crippen LogP contribution in [0.1, 0.15) is 24.0 Å². The van der Waals surface area contributed by atoms with Crippen molar-refractivity contribution in [2.75, 3.05) is 33.2 Å². The first-order valence-corrected chi connectivity index (χ1v) is 7.61. The summed E-state index contributed by atoms with van der Waals surface area (Å²) in [5, 5.41) is 3.41. The molecule has 0 aromatic heterocycles. The van der Waals surface area contributed by atoms with Gasteiger partial charge in [0.15, 0.2) is 5.96 Å². The number of nitrogens with one attached hydrogen (secondary N) is 1. The van der Waals surface area contributed by atoms with E-state index >= 15 is 0 Å². The number of hydrogen-bond acceptors (Lipinski definition) is 4. The summed E-state index contributed by atoms with van der Waals surface area (Å²) in [7, 11) is 2.08. The van der Waals surface area contributed by atoms with Crippen LogP contribution in [0, 0.1) is 0 Å². The van der Waals surface area contributed by atoms with Gasteiger partial charge in [-0.15, -0.1) is 0 Å². The van der Waals surface area contributed by atoms with Gasteiger partial charge in [0.2, 0.25) is 0 Å². The van der Waals surface area contributed by atoms with Crippen LogP contribution in [0.15, 0.2) is 29.3 Å². The SMILES string of the molecule is CN1CCN=C1NCc1ccc(CN2CCCC2)cc1. The molecule has 4 nitrogen and oxygen atoms in total. The molecule has 1 aromatic carbocycles. The van der Waals surface area contributed by atoms with Crippen molar-refractivity contribution in [3.63, 3.8) is 0 Å². The molecule has 0 amide bonds. The van der Waals surface area contributed by atoms with Gasteiger partial charge in [0.1, 0.15) is 0 Å². The van der Waals surface area contributed by atoms with Crippen LogP contribution < -0.4 is 5.32 Å². The van der Waals surface area contributed by atoms with Crippen LogP contribution in [0.4, 0.5) is 0 Å². The first kappa shape index (κ1) is 13.4. The Balaban J connectivity index is 1.50. The summed E-state index contributed by atoms with van der Waals surface area (Å²) in [6.45, 7) is 6.41. The Hall–Kier alpha value is -1.55. The Bertz CT molecular complexity index is 460. The van der Waals surface area contributed by atoms with Gasteiger partial charge in [-0.05, 0) is 37.1 Å². The molecule has 0 spiro atoms. The van der Waals surface area contributed by atoms with Crippen LogP contribution in [0.25, 0.3) is 0 Å². The Morgan fingerprint density at radius 1 is 1.05 bits per heavy atom. The molecule has 2 heterocycles. The van der Waals surface area contributed by atoms with Crippen molar-refractivity contribution in [1.29, 1.82) is 0 Å². The summed E-state index contributed by atoms with van der Waals surface area (Å²) >= 11 is 0. The zero-order valence-corrected chi connectivity index (χ0v) is 12.3. The number of likely N-dealkylation sites (N-methyl/N-ethyl adjacent to an activating group) is 1. The number of likely N-dealkylation sites (tertiary alicyclic amines) is 1. The summed E-state index contributed by atoms with van der Waals surface area (Å²) in [6, 6.07) is 8.98. The van der Waals surface area contributed by atoms with Gasteiger partial charge in [0, 0.05) is 26.7 Å². The number of nitrogens with zero attached hydrogens (tertiary/aromatic N) is 3. The largest absolute Gasteiger partial charge is 0.352 e. The molecule has 20 heavy (non-hydrogen) atoms. The number of rotatable bonds is 4. The molecule has 0 bridgehead atoms. The average Bonchev–Trinajstić information content (AvgIpc) is 3.10. The highest BCUT2D eigenvalue weighted by molar-refractivity contribution is 5.81. The number of hydrogen-bond donors (Lipinski definition) is 1. The summed E-state index contributed by atoms with van der Waals surface area (Å²) in [6.07, 6.45) is 2.72.